The van der Waals surface area contributed by atoms with E-state index in [2.05, 4.69) is 36.6 Å². The fourth-order valence-corrected chi connectivity index (χ4v) is 6.60. The molecule has 2 aromatic carbocycles. The lowest BCUT2D eigenvalue weighted by atomic mass is 10.0. The van der Waals surface area contributed by atoms with Gasteiger partial charge in [0, 0.05) is 11.1 Å². The van der Waals surface area contributed by atoms with Crippen molar-refractivity contribution in [2.45, 2.75) is 24.9 Å². The third-order valence-corrected chi connectivity index (χ3v) is 8.15. The van der Waals surface area contributed by atoms with Crippen LogP contribution in [-0.4, -0.2) is 8.80 Å². The van der Waals surface area contributed by atoms with Crippen LogP contribution in [0.25, 0.3) is 0 Å². The lowest BCUT2D eigenvalue weighted by molar-refractivity contribution is 0.508. The molecule has 0 aromatic heterocycles. The summed E-state index contributed by atoms with van der Waals surface area (Å²) in [5, 5.41) is 1.50. The van der Waals surface area contributed by atoms with Gasteiger partial charge in [-0.25, -0.2) is 8.78 Å². The van der Waals surface area contributed by atoms with Crippen molar-refractivity contribution < 1.29 is 8.78 Å². The van der Waals surface area contributed by atoms with Gasteiger partial charge >= 0.3 is 0 Å². The Balaban J connectivity index is 1.68. The van der Waals surface area contributed by atoms with Gasteiger partial charge in [0.2, 0.25) is 0 Å². The second-order valence-corrected chi connectivity index (χ2v) is 9.56. The van der Waals surface area contributed by atoms with Crippen molar-refractivity contribution in [1.82, 2.24) is 0 Å². The molecule has 2 aromatic rings. The van der Waals surface area contributed by atoms with Crippen molar-refractivity contribution in [3.05, 3.63) is 77.9 Å². The topological polar surface area (TPSA) is 0 Å². The fourth-order valence-electron chi connectivity index (χ4n) is 3.25. The van der Waals surface area contributed by atoms with Crippen molar-refractivity contribution in [1.29, 1.82) is 0 Å². The fraction of sp³-hybridized carbons (Fsp3) is 0.238. The molecule has 1 saturated heterocycles. The van der Waals surface area contributed by atoms with Crippen molar-refractivity contribution in [3.63, 3.8) is 0 Å². The van der Waals surface area contributed by atoms with E-state index in [-0.39, 0.29) is 0 Å². The second-order valence-electron chi connectivity index (χ2n) is 6.35. The lowest BCUT2D eigenvalue weighted by Crippen LogP contribution is -2.33. The Morgan fingerprint density at radius 3 is 2.17 bits per heavy atom. The minimum absolute atomic E-state index is 0.482. The monoisotopic (exact) mass is 338 g/mol. The number of allylic oxidation sites excluding steroid dienone is 1. The van der Waals surface area contributed by atoms with Crippen LogP contribution in [0.3, 0.4) is 0 Å². The van der Waals surface area contributed by atoms with Gasteiger partial charge in [0.1, 0.15) is 0 Å². The smallest absolute Gasteiger partial charge is 0.160 e. The summed E-state index contributed by atoms with van der Waals surface area (Å²) in [7, 11) is -0.837. The Hall–Kier alpha value is -2.18. The molecule has 0 N–H and O–H groups in total. The molecule has 0 unspecified atom stereocenters. The first-order valence-corrected chi connectivity index (χ1v) is 10.6. The zero-order valence-corrected chi connectivity index (χ0v) is 14.7. The quantitative estimate of drug-likeness (QED) is 0.433. The molecule has 0 radical (unpaired) electrons. The summed E-state index contributed by atoms with van der Waals surface area (Å²) in [6.07, 6.45) is 4.65. The number of halogens is 2. The average Bonchev–Trinajstić information content (AvgIpc) is 2.63. The van der Waals surface area contributed by atoms with Gasteiger partial charge in [-0.1, -0.05) is 47.3 Å². The first kappa shape index (κ1) is 16.7. The van der Waals surface area contributed by atoms with Gasteiger partial charge < -0.3 is 0 Å². The molecular weight excluding hydrogens is 318 g/mol. The normalized spacial score (nSPS) is 20.1. The van der Waals surface area contributed by atoms with E-state index in [1.165, 1.54) is 36.2 Å². The highest BCUT2D eigenvalue weighted by Gasteiger charge is 2.21. The zero-order chi connectivity index (χ0) is 16.9. The number of benzene rings is 2. The molecule has 0 aliphatic carbocycles. The van der Waals surface area contributed by atoms with E-state index in [1.54, 1.807) is 0 Å². The Labute approximate surface area is 143 Å². The van der Waals surface area contributed by atoms with Gasteiger partial charge in [-0.3, -0.25) is 0 Å². The van der Waals surface area contributed by atoms with E-state index < -0.39 is 20.4 Å². The SMILES string of the molecule is C=C[C@H]1CC[Si@H](c2ccc(C#Cc3ccc(F)c(F)c3)cc2)CC1. The molecule has 1 aliphatic heterocycles. The van der Waals surface area contributed by atoms with Crippen LogP contribution in [0.5, 0.6) is 0 Å². The van der Waals surface area contributed by atoms with Crippen LogP contribution < -0.4 is 5.19 Å². The highest BCUT2D eigenvalue weighted by atomic mass is 28.3. The van der Waals surface area contributed by atoms with Crippen LogP contribution in [0.1, 0.15) is 24.0 Å². The van der Waals surface area contributed by atoms with Gasteiger partial charge in [-0.2, -0.15) is 0 Å². The Bertz CT molecular complexity index is 776. The number of hydrogen-bond donors (Lipinski definition) is 0. The summed E-state index contributed by atoms with van der Waals surface area (Å²) < 4.78 is 26.1. The summed E-state index contributed by atoms with van der Waals surface area (Å²) in [5.74, 6) is 4.90. The summed E-state index contributed by atoms with van der Waals surface area (Å²) in [5.41, 5.74) is 1.38. The Kier molecular flexibility index (Phi) is 5.27. The molecule has 122 valence electrons. The molecule has 0 bridgehead atoms. The molecule has 0 spiro atoms. The molecule has 1 fully saturated rings. The van der Waals surface area contributed by atoms with E-state index in [4.69, 9.17) is 0 Å². The zero-order valence-electron chi connectivity index (χ0n) is 13.6. The molecule has 0 saturated carbocycles. The van der Waals surface area contributed by atoms with Crippen molar-refractivity contribution >= 4 is 14.0 Å². The van der Waals surface area contributed by atoms with Crippen LogP contribution in [0.4, 0.5) is 8.78 Å². The first-order chi connectivity index (χ1) is 11.7. The van der Waals surface area contributed by atoms with Gasteiger partial charge in [-0.05, 0) is 49.1 Å². The molecule has 1 heterocycles. The van der Waals surface area contributed by atoms with Crippen molar-refractivity contribution in [2.75, 3.05) is 0 Å². The Morgan fingerprint density at radius 1 is 0.917 bits per heavy atom. The minimum Gasteiger partial charge on any atom is -0.204 e. The maximum Gasteiger partial charge on any atom is 0.160 e. The van der Waals surface area contributed by atoms with Gasteiger partial charge in [0.25, 0.3) is 0 Å². The van der Waals surface area contributed by atoms with Gasteiger partial charge in [-0.15, -0.1) is 6.58 Å². The van der Waals surface area contributed by atoms with E-state index in [1.807, 2.05) is 12.1 Å². The van der Waals surface area contributed by atoms with Crippen LogP contribution in [0.2, 0.25) is 12.1 Å². The molecule has 0 atom stereocenters. The summed E-state index contributed by atoms with van der Waals surface area (Å²) >= 11 is 0. The third-order valence-electron chi connectivity index (χ3n) is 4.76. The molecule has 3 heteroatoms. The van der Waals surface area contributed by atoms with E-state index in [0.717, 1.165) is 17.7 Å². The molecule has 1 aliphatic rings. The van der Waals surface area contributed by atoms with Crippen molar-refractivity contribution in [2.24, 2.45) is 5.92 Å². The maximum atomic E-state index is 13.2. The molecule has 0 amide bonds. The summed E-state index contributed by atoms with van der Waals surface area (Å²) in [6.45, 7) is 3.91. The standard InChI is InChI=1S/C21H20F2Si/c1-2-16-11-13-24(14-12-16)19-8-5-17(6-9-19)3-4-18-7-10-20(22)21(23)15-18/h2,5-10,15-16,24H,1,11-14H2/t16-,24-. The van der Waals surface area contributed by atoms with Gasteiger partial charge in [0.05, 0.1) is 8.80 Å². The van der Waals surface area contributed by atoms with Crippen LogP contribution in [0.15, 0.2) is 55.1 Å². The summed E-state index contributed by atoms with van der Waals surface area (Å²) in [6, 6.07) is 14.9. The first-order valence-electron chi connectivity index (χ1n) is 8.35. The predicted octanol–water partition coefficient (Wildman–Crippen LogP) is 4.39. The highest BCUT2D eigenvalue weighted by molar-refractivity contribution is 6.73. The molecule has 0 nitrogen and oxygen atoms in total. The third kappa shape index (κ3) is 4.01. The number of hydrogen-bond acceptors (Lipinski definition) is 0. The Morgan fingerprint density at radius 2 is 1.54 bits per heavy atom. The minimum atomic E-state index is -0.863. The largest absolute Gasteiger partial charge is 0.204 e. The van der Waals surface area contributed by atoms with E-state index >= 15 is 0 Å². The predicted molar refractivity (Wildman–Crippen MR) is 98.1 cm³/mol. The second kappa shape index (κ2) is 7.59. The van der Waals surface area contributed by atoms with Crippen molar-refractivity contribution in [3.8, 4) is 11.8 Å². The number of rotatable bonds is 2. The average molecular weight is 338 g/mol. The highest BCUT2D eigenvalue weighted by Crippen LogP contribution is 2.25. The van der Waals surface area contributed by atoms with Crippen LogP contribution >= 0.6 is 0 Å². The summed E-state index contributed by atoms with van der Waals surface area (Å²) in [4.78, 5) is 0. The molecule has 24 heavy (non-hydrogen) atoms. The van der Waals surface area contributed by atoms with Gasteiger partial charge in [0.15, 0.2) is 11.6 Å². The maximum absolute atomic E-state index is 13.2. The van der Waals surface area contributed by atoms with E-state index in [9.17, 15) is 8.78 Å². The van der Waals surface area contributed by atoms with E-state index in [0.29, 0.717) is 11.5 Å². The van der Waals surface area contributed by atoms with Crippen LogP contribution in [0, 0.1) is 29.4 Å². The lowest BCUT2D eigenvalue weighted by Gasteiger charge is -2.25. The molecular formula is C21H20F2Si. The van der Waals surface area contributed by atoms with Crippen LogP contribution in [-0.2, 0) is 0 Å². The molecule has 3 rings (SSSR count).